The Morgan fingerprint density at radius 2 is 2.27 bits per heavy atom. The van der Waals surface area contributed by atoms with Gasteiger partial charge in [0, 0.05) is 26.7 Å². The second-order valence-electron chi connectivity index (χ2n) is 4.67. The molecular weight excluding hydrogens is 192 g/mol. The van der Waals surface area contributed by atoms with Crippen LogP contribution in [0.25, 0.3) is 0 Å². The smallest absolute Gasteiger partial charge is 0.239 e. The highest BCUT2D eigenvalue weighted by Crippen LogP contribution is 2.12. The van der Waals surface area contributed by atoms with Crippen molar-refractivity contribution in [1.29, 1.82) is 0 Å². The molecule has 0 saturated carbocycles. The first kappa shape index (κ1) is 12.5. The van der Waals surface area contributed by atoms with Crippen LogP contribution in [0.1, 0.15) is 27.2 Å². The number of carbonyl (C=O) groups excluding carboxylic acids is 1. The van der Waals surface area contributed by atoms with Crippen molar-refractivity contribution in [3.05, 3.63) is 0 Å². The fraction of sp³-hybridized carbons (Fsp3) is 0.909. The third-order valence-corrected chi connectivity index (χ3v) is 2.74. The van der Waals surface area contributed by atoms with Gasteiger partial charge in [-0.25, -0.2) is 0 Å². The monoisotopic (exact) mass is 214 g/mol. The van der Waals surface area contributed by atoms with Crippen molar-refractivity contribution in [2.75, 3.05) is 26.7 Å². The maximum Gasteiger partial charge on any atom is 0.239 e. The van der Waals surface area contributed by atoms with E-state index in [1.165, 1.54) is 0 Å². The summed E-state index contributed by atoms with van der Waals surface area (Å²) in [5.74, 6) is 0.197. The van der Waals surface area contributed by atoms with Crippen LogP contribution in [0.3, 0.4) is 0 Å². The maximum absolute atomic E-state index is 11.6. The minimum absolute atomic E-state index is 0.0188. The summed E-state index contributed by atoms with van der Waals surface area (Å²) < 4.78 is 5.56. The second-order valence-corrected chi connectivity index (χ2v) is 4.67. The number of nitrogens with zero attached hydrogens (tertiary/aromatic N) is 1. The molecule has 0 radical (unpaired) electrons. The molecule has 0 aliphatic carbocycles. The molecule has 1 atom stereocenters. The van der Waals surface area contributed by atoms with E-state index < -0.39 is 0 Å². The van der Waals surface area contributed by atoms with E-state index in [0.717, 1.165) is 13.0 Å². The molecule has 0 aromatic carbocycles. The van der Waals surface area contributed by atoms with Crippen molar-refractivity contribution in [3.63, 3.8) is 0 Å². The Morgan fingerprint density at radius 3 is 2.73 bits per heavy atom. The number of likely N-dealkylation sites (tertiary alicyclic amines) is 1. The molecule has 1 rings (SSSR count). The molecule has 1 N–H and O–H groups in total. The van der Waals surface area contributed by atoms with Gasteiger partial charge in [0.1, 0.15) is 0 Å². The molecule has 4 heteroatoms. The van der Waals surface area contributed by atoms with Crippen LogP contribution in [0, 0.1) is 0 Å². The van der Waals surface area contributed by atoms with Gasteiger partial charge in [-0.3, -0.25) is 4.79 Å². The standard InChI is InChI=1S/C11H22N2O2/c1-5-15-11(2,3)8-12-9-6-7-13(4)10(9)14/h9,12H,5-8H2,1-4H3. The average Bonchev–Trinajstić information content (AvgIpc) is 2.45. The summed E-state index contributed by atoms with van der Waals surface area (Å²) in [6.07, 6.45) is 0.900. The number of likely N-dealkylation sites (N-methyl/N-ethyl adjacent to an activating group) is 1. The lowest BCUT2D eigenvalue weighted by Gasteiger charge is -2.26. The third kappa shape index (κ3) is 3.47. The van der Waals surface area contributed by atoms with Crippen LogP contribution in [0.4, 0.5) is 0 Å². The first-order valence-electron chi connectivity index (χ1n) is 5.58. The molecular formula is C11H22N2O2. The molecule has 1 saturated heterocycles. The summed E-state index contributed by atoms with van der Waals surface area (Å²) in [5, 5.41) is 3.27. The first-order valence-corrected chi connectivity index (χ1v) is 5.58. The van der Waals surface area contributed by atoms with Gasteiger partial charge in [0.05, 0.1) is 11.6 Å². The molecule has 0 aromatic rings. The van der Waals surface area contributed by atoms with Crippen molar-refractivity contribution in [3.8, 4) is 0 Å². The van der Waals surface area contributed by atoms with Crippen LogP contribution in [0.15, 0.2) is 0 Å². The molecule has 1 fully saturated rings. The molecule has 1 heterocycles. The van der Waals surface area contributed by atoms with E-state index in [2.05, 4.69) is 5.32 Å². The zero-order valence-electron chi connectivity index (χ0n) is 10.2. The predicted octanol–water partition coefficient (Wildman–Crippen LogP) is 0.622. The highest BCUT2D eigenvalue weighted by Gasteiger charge is 2.30. The van der Waals surface area contributed by atoms with Gasteiger partial charge < -0.3 is 15.0 Å². The third-order valence-electron chi connectivity index (χ3n) is 2.74. The van der Waals surface area contributed by atoms with E-state index in [9.17, 15) is 4.79 Å². The maximum atomic E-state index is 11.6. The van der Waals surface area contributed by atoms with Gasteiger partial charge in [0.2, 0.25) is 5.91 Å². The fourth-order valence-electron chi connectivity index (χ4n) is 1.82. The van der Waals surface area contributed by atoms with Gasteiger partial charge in [-0.15, -0.1) is 0 Å². The normalized spacial score (nSPS) is 22.5. The highest BCUT2D eigenvalue weighted by atomic mass is 16.5. The number of rotatable bonds is 5. The van der Waals surface area contributed by atoms with Gasteiger partial charge in [-0.05, 0) is 27.2 Å². The molecule has 0 bridgehead atoms. The highest BCUT2D eigenvalue weighted by molar-refractivity contribution is 5.83. The van der Waals surface area contributed by atoms with Gasteiger partial charge in [0.25, 0.3) is 0 Å². The van der Waals surface area contributed by atoms with Crippen molar-refractivity contribution in [2.45, 2.75) is 38.8 Å². The van der Waals surface area contributed by atoms with Crippen molar-refractivity contribution < 1.29 is 9.53 Å². The minimum atomic E-state index is -0.198. The van der Waals surface area contributed by atoms with E-state index in [4.69, 9.17) is 4.74 Å². The SMILES string of the molecule is CCOC(C)(C)CNC1CCN(C)C1=O. The molecule has 15 heavy (non-hydrogen) atoms. The molecule has 0 aromatic heterocycles. The predicted molar refractivity (Wildman–Crippen MR) is 59.7 cm³/mol. The Kier molecular flexibility index (Phi) is 4.11. The Labute approximate surface area is 92.0 Å². The van der Waals surface area contributed by atoms with Crippen LogP contribution in [0.5, 0.6) is 0 Å². The summed E-state index contributed by atoms with van der Waals surface area (Å²) in [5.41, 5.74) is -0.198. The molecule has 4 nitrogen and oxygen atoms in total. The van der Waals surface area contributed by atoms with Gasteiger partial charge in [-0.2, -0.15) is 0 Å². The van der Waals surface area contributed by atoms with Crippen molar-refractivity contribution >= 4 is 5.91 Å². The van der Waals surface area contributed by atoms with Crippen molar-refractivity contribution in [1.82, 2.24) is 10.2 Å². The molecule has 1 aliphatic rings. The van der Waals surface area contributed by atoms with Crippen LogP contribution >= 0.6 is 0 Å². The molecule has 0 spiro atoms. The Morgan fingerprint density at radius 1 is 1.60 bits per heavy atom. The zero-order valence-corrected chi connectivity index (χ0v) is 10.2. The Balaban J connectivity index is 2.34. The van der Waals surface area contributed by atoms with Crippen LogP contribution in [-0.2, 0) is 9.53 Å². The average molecular weight is 214 g/mol. The zero-order chi connectivity index (χ0) is 11.5. The number of hydrogen-bond donors (Lipinski definition) is 1. The summed E-state index contributed by atoms with van der Waals surface area (Å²) >= 11 is 0. The van der Waals surface area contributed by atoms with Gasteiger partial charge >= 0.3 is 0 Å². The lowest BCUT2D eigenvalue weighted by molar-refractivity contribution is -0.128. The largest absolute Gasteiger partial charge is 0.375 e. The summed E-state index contributed by atoms with van der Waals surface area (Å²) in [6, 6.07) is -0.0188. The molecule has 1 aliphatic heterocycles. The van der Waals surface area contributed by atoms with Crippen LogP contribution < -0.4 is 5.32 Å². The van der Waals surface area contributed by atoms with E-state index >= 15 is 0 Å². The number of hydrogen-bond acceptors (Lipinski definition) is 3. The number of nitrogens with one attached hydrogen (secondary N) is 1. The molecule has 1 amide bonds. The number of ether oxygens (including phenoxy) is 1. The van der Waals surface area contributed by atoms with Crippen molar-refractivity contribution in [2.24, 2.45) is 0 Å². The van der Waals surface area contributed by atoms with E-state index in [1.54, 1.807) is 4.90 Å². The summed E-state index contributed by atoms with van der Waals surface area (Å²) in [6.45, 7) is 8.32. The molecule has 88 valence electrons. The fourth-order valence-corrected chi connectivity index (χ4v) is 1.82. The summed E-state index contributed by atoms with van der Waals surface area (Å²) in [4.78, 5) is 13.4. The van der Waals surface area contributed by atoms with Gasteiger partial charge in [0.15, 0.2) is 0 Å². The first-order chi connectivity index (χ1) is 6.96. The lowest BCUT2D eigenvalue weighted by Crippen LogP contribution is -2.45. The van der Waals surface area contributed by atoms with E-state index in [-0.39, 0.29) is 17.6 Å². The molecule has 1 unspecified atom stereocenters. The summed E-state index contributed by atoms with van der Waals surface area (Å²) in [7, 11) is 1.84. The van der Waals surface area contributed by atoms with Crippen LogP contribution in [-0.4, -0.2) is 49.2 Å². The van der Waals surface area contributed by atoms with E-state index in [0.29, 0.717) is 13.2 Å². The minimum Gasteiger partial charge on any atom is -0.375 e. The lowest BCUT2D eigenvalue weighted by atomic mass is 10.1. The quantitative estimate of drug-likeness (QED) is 0.729. The number of amides is 1. The topological polar surface area (TPSA) is 41.6 Å². The Hall–Kier alpha value is -0.610. The second kappa shape index (κ2) is 4.94. The Bertz CT molecular complexity index is 229. The van der Waals surface area contributed by atoms with Crippen LogP contribution in [0.2, 0.25) is 0 Å². The van der Waals surface area contributed by atoms with E-state index in [1.807, 2.05) is 27.8 Å². The number of carbonyl (C=O) groups is 1. The van der Waals surface area contributed by atoms with Gasteiger partial charge in [-0.1, -0.05) is 0 Å².